The van der Waals surface area contributed by atoms with Gasteiger partial charge >= 0.3 is 0 Å². The van der Waals surface area contributed by atoms with Crippen molar-refractivity contribution < 1.29 is 9.90 Å². The minimum Gasteiger partial charge on any atom is -0.506 e. The summed E-state index contributed by atoms with van der Waals surface area (Å²) < 4.78 is 0. The summed E-state index contributed by atoms with van der Waals surface area (Å²) in [4.78, 5) is 20.2. The Bertz CT molecular complexity index is 836. The number of nitrogens with zero attached hydrogens (tertiary/aromatic N) is 2. The van der Waals surface area contributed by atoms with Crippen LogP contribution in [0, 0.1) is 0 Å². The van der Waals surface area contributed by atoms with Crippen LogP contribution in [0.5, 0.6) is 5.75 Å². The molecule has 3 rings (SSSR count). The van der Waals surface area contributed by atoms with Crippen LogP contribution in [0.25, 0.3) is 10.9 Å². The van der Waals surface area contributed by atoms with Gasteiger partial charge < -0.3 is 10.4 Å². The summed E-state index contributed by atoms with van der Waals surface area (Å²) in [5.41, 5.74) is 1.40. The first-order valence-electron chi connectivity index (χ1n) is 6.13. The van der Waals surface area contributed by atoms with E-state index >= 15 is 0 Å². The van der Waals surface area contributed by atoms with Gasteiger partial charge in [0.15, 0.2) is 0 Å². The fraction of sp³-hybridized carbons (Fsp3) is 0. The third-order valence-corrected chi connectivity index (χ3v) is 3.12. The molecule has 3 aromatic rings. The van der Waals surface area contributed by atoms with Crippen molar-refractivity contribution in [2.75, 3.05) is 5.32 Å². The van der Waals surface area contributed by atoms with Gasteiger partial charge in [-0.1, -0.05) is 17.7 Å². The fourth-order valence-electron chi connectivity index (χ4n) is 2.00. The Hall–Kier alpha value is -2.66. The maximum atomic E-state index is 12.2. The SMILES string of the molecule is O=C(Nc1cc(Cl)cc2cccnc12)c1cncc(O)c1. The smallest absolute Gasteiger partial charge is 0.257 e. The molecule has 0 saturated heterocycles. The van der Waals surface area contributed by atoms with Crippen molar-refractivity contribution in [2.24, 2.45) is 0 Å². The summed E-state index contributed by atoms with van der Waals surface area (Å²) in [5.74, 6) is -0.468. The van der Waals surface area contributed by atoms with Crippen LogP contribution in [0.1, 0.15) is 10.4 Å². The third-order valence-electron chi connectivity index (χ3n) is 2.90. The quantitative estimate of drug-likeness (QED) is 0.761. The largest absolute Gasteiger partial charge is 0.506 e. The number of amides is 1. The number of carbonyl (C=O) groups is 1. The van der Waals surface area contributed by atoms with Crippen LogP contribution in [0.15, 0.2) is 48.9 Å². The molecule has 5 nitrogen and oxygen atoms in total. The van der Waals surface area contributed by atoms with E-state index in [1.807, 2.05) is 6.07 Å². The molecule has 0 atom stereocenters. The van der Waals surface area contributed by atoms with Crippen LogP contribution < -0.4 is 5.32 Å². The van der Waals surface area contributed by atoms with Gasteiger partial charge in [0.1, 0.15) is 5.75 Å². The highest BCUT2D eigenvalue weighted by atomic mass is 35.5. The molecule has 2 aromatic heterocycles. The van der Waals surface area contributed by atoms with E-state index in [1.165, 1.54) is 18.5 Å². The number of rotatable bonds is 2. The Balaban J connectivity index is 2.00. The molecule has 1 amide bonds. The Kier molecular flexibility index (Phi) is 3.41. The summed E-state index contributed by atoms with van der Waals surface area (Å²) in [6.07, 6.45) is 4.27. The number of halogens is 1. The predicted molar refractivity (Wildman–Crippen MR) is 80.6 cm³/mol. The van der Waals surface area contributed by atoms with Crippen LogP contribution >= 0.6 is 11.6 Å². The molecule has 0 radical (unpaired) electrons. The molecule has 2 heterocycles. The molecule has 2 N–H and O–H groups in total. The van der Waals surface area contributed by atoms with Crippen LogP contribution in [0.3, 0.4) is 0 Å². The highest BCUT2D eigenvalue weighted by Gasteiger charge is 2.11. The Morgan fingerprint density at radius 1 is 1.24 bits per heavy atom. The molecular formula is C15H10ClN3O2. The third kappa shape index (κ3) is 2.78. The van der Waals surface area contributed by atoms with Crippen LogP contribution in [-0.4, -0.2) is 21.0 Å². The number of aromatic nitrogens is 2. The molecule has 1 aromatic carbocycles. The van der Waals surface area contributed by atoms with Gasteiger partial charge in [-0.2, -0.15) is 0 Å². The second-order valence-corrected chi connectivity index (χ2v) is 4.85. The van der Waals surface area contributed by atoms with Crippen molar-refractivity contribution in [3.8, 4) is 5.75 Å². The van der Waals surface area contributed by atoms with Gasteiger partial charge in [-0.3, -0.25) is 14.8 Å². The highest BCUT2D eigenvalue weighted by molar-refractivity contribution is 6.32. The monoisotopic (exact) mass is 299 g/mol. The van der Waals surface area contributed by atoms with Gasteiger partial charge in [0.05, 0.1) is 23.0 Å². The number of pyridine rings is 2. The van der Waals surface area contributed by atoms with Crippen molar-refractivity contribution in [2.45, 2.75) is 0 Å². The number of hydrogen-bond donors (Lipinski definition) is 2. The van der Waals surface area contributed by atoms with Crippen molar-refractivity contribution in [3.05, 3.63) is 59.5 Å². The average molecular weight is 300 g/mol. The van der Waals surface area contributed by atoms with E-state index in [4.69, 9.17) is 11.6 Å². The van der Waals surface area contributed by atoms with E-state index < -0.39 is 5.91 Å². The second kappa shape index (κ2) is 5.38. The van der Waals surface area contributed by atoms with Gasteiger partial charge in [-0.25, -0.2) is 0 Å². The van der Waals surface area contributed by atoms with Gasteiger partial charge in [-0.05, 0) is 24.3 Å². The molecule has 0 bridgehead atoms. The van der Waals surface area contributed by atoms with Crippen LogP contribution in [0.4, 0.5) is 5.69 Å². The molecule has 21 heavy (non-hydrogen) atoms. The maximum Gasteiger partial charge on any atom is 0.257 e. The minimum absolute atomic E-state index is 0.0725. The van der Waals surface area contributed by atoms with Crippen molar-refractivity contribution in [1.29, 1.82) is 0 Å². The first kappa shape index (κ1) is 13.3. The van der Waals surface area contributed by atoms with E-state index in [0.29, 0.717) is 16.2 Å². The Morgan fingerprint density at radius 3 is 2.90 bits per heavy atom. The molecule has 6 heteroatoms. The maximum absolute atomic E-state index is 12.2. The predicted octanol–water partition coefficient (Wildman–Crippen LogP) is 3.24. The van der Waals surface area contributed by atoms with Gasteiger partial charge in [0.25, 0.3) is 5.91 Å². The zero-order valence-corrected chi connectivity index (χ0v) is 11.5. The second-order valence-electron chi connectivity index (χ2n) is 4.41. The lowest BCUT2D eigenvalue weighted by molar-refractivity contribution is 0.102. The first-order valence-corrected chi connectivity index (χ1v) is 6.51. The zero-order chi connectivity index (χ0) is 14.8. The van der Waals surface area contributed by atoms with E-state index in [1.54, 1.807) is 24.4 Å². The molecule has 0 fully saturated rings. The van der Waals surface area contributed by atoms with Crippen LogP contribution in [0.2, 0.25) is 5.02 Å². The van der Waals surface area contributed by atoms with Gasteiger partial charge in [-0.15, -0.1) is 0 Å². The number of anilines is 1. The lowest BCUT2D eigenvalue weighted by Crippen LogP contribution is -2.12. The fourth-order valence-corrected chi connectivity index (χ4v) is 2.22. The number of benzene rings is 1. The topological polar surface area (TPSA) is 75.1 Å². The van der Waals surface area contributed by atoms with Crippen molar-refractivity contribution in [3.63, 3.8) is 0 Å². The number of fused-ring (bicyclic) bond motifs is 1. The Labute approximate surface area is 125 Å². The lowest BCUT2D eigenvalue weighted by atomic mass is 10.2. The lowest BCUT2D eigenvalue weighted by Gasteiger charge is -2.09. The van der Waals surface area contributed by atoms with Gasteiger partial charge in [0.2, 0.25) is 0 Å². The van der Waals surface area contributed by atoms with Gasteiger partial charge in [0, 0.05) is 22.8 Å². The molecular weight excluding hydrogens is 290 g/mol. The summed E-state index contributed by atoms with van der Waals surface area (Å²) in [6, 6.07) is 8.39. The minimum atomic E-state index is -0.396. The number of carbonyl (C=O) groups excluding carboxylic acids is 1. The normalized spacial score (nSPS) is 10.5. The molecule has 104 valence electrons. The number of nitrogens with one attached hydrogen (secondary N) is 1. The number of hydrogen-bond acceptors (Lipinski definition) is 4. The molecule has 0 aliphatic rings. The summed E-state index contributed by atoms with van der Waals surface area (Å²) in [6.45, 7) is 0. The zero-order valence-electron chi connectivity index (χ0n) is 10.7. The van der Waals surface area contributed by atoms with E-state index in [-0.39, 0.29) is 11.3 Å². The summed E-state index contributed by atoms with van der Waals surface area (Å²) in [5, 5.41) is 13.4. The van der Waals surface area contributed by atoms with Crippen molar-refractivity contribution >= 4 is 34.1 Å². The van der Waals surface area contributed by atoms with Crippen molar-refractivity contribution in [1.82, 2.24) is 9.97 Å². The Morgan fingerprint density at radius 2 is 2.10 bits per heavy atom. The average Bonchev–Trinajstić information content (AvgIpc) is 2.47. The number of aromatic hydroxyl groups is 1. The first-order chi connectivity index (χ1) is 10.1. The molecule has 0 aliphatic carbocycles. The molecule has 0 aliphatic heterocycles. The standard InChI is InChI=1S/C15H10ClN3O2/c16-11-4-9-2-1-3-18-14(9)13(6-11)19-15(21)10-5-12(20)8-17-7-10/h1-8,20H,(H,19,21). The molecule has 0 spiro atoms. The molecule has 0 saturated carbocycles. The summed E-state index contributed by atoms with van der Waals surface area (Å²) in [7, 11) is 0. The van der Waals surface area contributed by atoms with E-state index in [2.05, 4.69) is 15.3 Å². The highest BCUT2D eigenvalue weighted by Crippen LogP contribution is 2.26. The van der Waals surface area contributed by atoms with Crippen LogP contribution in [-0.2, 0) is 0 Å². The van der Waals surface area contributed by atoms with E-state index in [9.17, 15) is 9.90 Å². The summed E-state index contributed by atoms with van der Waals surface area (Å²) >= 11 is 6.05. The molecule has 0 unspecified atom stereocenters. The van der Waals surface area contributed by atoms with E-state index in [0.717, 1.165) is 5.39 Å².